The number of hydrogen-bond donors (Lipinski definition) is 0. The summed E-state index contributed by atoms with van der Waals surface area (Å²) in [6.07, 6.45) is 2.48. The van der Waals surface area contributed by atoms with E-state index in [-0.39, 0.29) is 0 Å². The molecule has 0 amide bonds. The average molecular weight is 230 g/mol. The average Bonchev–Trinajstić information content (AvgIpc) is 2.40. The molecule has 3 aromatic carbocycles. The lowest BCUT2D eigenvalue weighted by atomic mass is 9.81. The third kappa shape index (κ3) is 1.32. The standard InChI is InChI=1S/C18H14/c1-2-6-13(7-3-1)18-12-14-10-11-15(14)16-8-4-5-9-17(16)18/h1-9,12H,10-11H2. The summed E-state index contributed by atoms with van der Waals surface area (Å²) in [5, 5.41) is 2.84. The second-order valence-electron chi connectivity index (χ2n) is 4.97. The van der Waals surface area contributed by atoms with E-state index in [0.717, 1.165) is 0 Å². The monoisotopic (exact) mass is 230 g/mol. The minimum absolute atomic E-state index is 1.24. The van der Waals surface area contributed by atoms with Crippen molar-refractivity contribution in [2.45, 2.75) is 12.8 Å². The Balaban J connectivity index is 2.10. The fraction of sp³-hybridized carbons (Fsp3) is 0.111. The van der Waals surface area contributed by atoms with Crippen molar-refractivity contribution >= 4 is 10.8 Å². The van der Waals surface area contributed by atoms with Crippen LogP contribution < -0.4 is 0 Å². The molecular weight excluding hydrogens is 216 g/mol. The lowest BCUT2D eigenvalue weighted by molar-refractivity contribution is 0.852. The molecule has 0 saturated heterocycles. The van der Waals surface area contributed by atoms with Crippen molar-refractivity contribution in [3.63, 3.8) is 0 Å². The lowest BCUT2D eigenvalue weighted by Gasteiger charge is -2.23. The van der Waals surface area contributed by atoms with Crippen LogP contribution in [0.5, 0.6) is 0 Å². The second kappa shape index (κ2) is 3.71. The van der Waals surface area contributed by atoms with E-state index in [2.05, 4.69) is 60.7 Å². The van der Waals surface area contributed by atoms with E-state index < -0.39 is 0 Å². The van der Waals surface area contributed by atoms with Crippen LogP contribution in [0.3, 0.4) is 0 Å². The van der Waals surface area contributed by atoms with Crippen molar-refractivity contribution in [1.82, 2.24) is 0 Å². The Morgan fingerprint density at radius 1 is 0.667 bits per heavy atom. The Kier molecular flexibility index (Phi) is 2.04. The zero-order valence-electron chi connectivity index (χ0n) is 10.2. The van der Waals surface area contributed by atoms with E-state index >= 15 is 0 Å². The second-order valence-corrected chi connectivity index (χ2v) is 4.97. The molecule has 0 nitrogen and oxygen atoms in total. The molecule has 0 saturated carbocycles. The summed E-state index contributed by atoms with van der Waals surface area (Å²) >= 11 is 0. The summed E-state index contributed by atoms with van der Waals surface area (Å²) < 4.78 is 0. The summed E-state index contributed by atoms with van der Waals surface area (Å²) in [6, 6.07) is 21.9. The van der Waals surface area contributed by atoms with E-state index in [4.69, 9.17) is 0 Å². The van der Waals surface area contributed by atoms with Crippen molar-refractivity contribution in [2.24, 2.45) is 0 Å². The molecule has 0 N–H and O–H groups in total. The highest BCUT2D eigenvalue weighted by atomic mass is 14.2. The summed E-state index contributed by atoms with van der Waals surface area (Å²) in [7, 11) is 0. The highest BCUT2D eigenvalue weighted by Gasteiger charge is 2.18. The van der Waals surface area contributed by atoms with Crippen LogP contribution in [0, 0.1) is 0 Å². The van der Waals surface area contributed by atoms with Crippen LogP contribution in [0.25, 0.3) is 21.9 Å². The minimum atomic E-state index is 1.24. The fourth-order valence-corrected chi connectivity index (χ4v) is 2.95. The van der Waals surface area contributed by atoms with Gasteiger partial charge >= 0.3 is 0 Å². The molecule has 0 spiro atoms. The molecule has 0 atom stereocenters. The quantitative estimate of drug-likeness (QED) is 0.573. The van der Waals surface area contributed by atoms with Crippen LogP contribution in [0.4, 0.5) is 0 Å². The number of fused-ring (bicyclic) bond motifs is 3. The maximum Gasteiger partial charge on any atom is -0.0102 e. The van der Waals surface area contributed by atoms with E-state index in [0.29, 0.717) is 0 Å². The molecule has 0 aliphatic heterocycles. The maximum atomic E-state index is 2.39. The number of hydrogen-bond acceptors (Lipinski definition) is 0. The normalized spacial score (nSPS) is 13.1. The van der Waals surface area contributed by atoms with Gasteiger partial charge in [-0.2, -0.15) is 0 Å². The molecule has 0 radical (unpaired) electrons. The summed E-state index contributed by atoms with van der Waals surface area (Å²) in [5.41, 5.74) is 5.80. The van der Waals surface area contributed by atoms with Crippen LogP contribution in [-0.4, -0.2) is 0 Å². The molecule has 1 aliphatic rings. The topological polar surface area (TPSA) is 0 Å². The predicted octanol–water partition coefficient (Wildman–Crippen LogP) is 4.61. The molecule has 3 aromatic rings. The molecule has 86 valence electrons. The van der Waals surface area contributed by atoms with Gasteiger partial charge in [0.05, 0.1) is 0 Å². The molecule has 1 aliphatic carbocycles. The largest absolute Gasteiger partial charge is 0.0622 e. The lowest BCUT2D eigenvalue weighted by Crippen LogP contribution is -2.09. The Morgan fingerprint density at radius 3 is 2.11 bits per heavy atom. The first-order chi connectivity index (χ1) is 8.93. The fourth-order valence-electron chi connectivity index (χ4n) is 2.95. The smallest absolute Gasteiger partial charge is 0.0102 e. The number of rotatable bonds is 1. The van der Waals surface area contributed by atoms with Gasteiger partial charge in [0.25, 0.3) is 0 Å². The van der Waals surface area contributed by atoms with Crippen LogP contribution in [0.2, 0.25) is 0 Å². The zero-order valence-corrected chi connectivity index (χ0v) is 10.2. The van der Waals surface area contributed by atoms with Crippen LogP contribution >= 0.6 is 0 Å². The van der Waals surface area contributed by atoms with Crippen LogP contribution in [-0.2, 0) is 12.8 Å². The third-order valence-corrected chi connectivity index (χ3v) is 3.98. The van der Waals surface area contributed by atoms with Gasteiger partial charge in [0, 0.05) is 0 Å². The summed E-state index contributed by atoms with van der Waals surface area (Å²) in [6.45, 7) is 0. The van der Waals surface area contributed by atoms with Gasteiger partial charge < -0.3 is 0 Å². The van der Waals surface area contributed by atoms with Gasteiger partial charge in [-0.3, -0.25) is 0 Å². The Bertz CT molecular complexity index is 724. The Labute approximate surface area is 107 Å². The van der Waals surface area contributed by atoms with Gasteiger partial charge in [-0.1, -0.05) is 60.7 Å². The highest BCUT2D eigenvalue weighted by molar-refractivity contribution is 6.00. The summed E-state index contributed by atoms with van der Waals surface area (Å²) in [4.78, 5) is 0. The van der Waals surface area contributed by atoms with E-state index in [1.807, 2.05) is 0 Å². The first-order valence-corrected chi connectivity index (χ1v) is 6.52. The third-order valence-electron chi connectivity index (χ3n) is 3.98. The van der Waals surface area contributed by atoms with Gasteiger partial charge in [0.2, 0.25) is 0 Å². The highest BCUT2D eigenvalue weighted by Crippen LogP contribution is 2.37. The zero-order chi connectivity index (χ0) is 11.9. The molecule has 0 aromatic heterocycles. The SMILES string of the molecule is c1ccc(-c2cc3c(c4ccccc24)CC3)cc1. The maximum absolute atomic E-state index is 2.39. The van der Waals surface area contributed by atoms with E-state index in [1.54, 1.807) is 5.56 Å². The van der Waals surface area contributed by atoms with Crippen LogP contribution in [0.15, 0.2) is 60.7 Å². The first kappa shape index (κ1) is 9.90. The Hall–Kier alpha value is -2.08. The van der Waals surface area contributed by atoms with Crippen molar-refractivity contribution in [3.8, 4) is 11.1 Å². The summed E-state index contributed by atoms with van der Waals surface area (Å²) in [5.74, 6) is 0. The van der Waals surface area contributed by atoms with Crippen molar-refractivity contribution in [3.05, 3.63) is 71.8 Å². The van der Waals surface area contributed by atoms with Gasteiger partial charge in [0.15, 0.2) is 0 Å². The molecular formula is C18H14. The predicted molar refractivity (Wildman–Crippen MR) is 76.8 cm³/mol. The molecule has 4 rings (SSSR count). The van der Waals surface area contributed by atoms with Crippen molar-refractivity contribution in [1.29, 1.82) is 0 Å². The first-order valence-electron chi connectivity index (χ1n) is 6.52. The van der Waals surface area contributed by atoms with E-state index in [9.17, 15) is 0 Å². The van der Waals surface area contributed by atoms with Gasteiger partial charge in [-0.15, -0.1) is 0 Å². The molecule has 0 heteroatoms. The van der Waals surface area contributed by atoms with E-state index in [1.165, 1.54) is 40.3 Å². The molecule has 0 heterocycles. The minimum Gasteiger partial charge on any atom is -0.0622 e. The van der Waals surface area contributed by atoms with Gasteiger partial charge in [-0.05, 0) is 45.9 Å². The molecule has 18 heavy (non-hydrogen) atoms. The molecule has 0 bridgehead atoms. The van der Waals surface area contributed by atoms with Crippen LogP contribution in [0.1, 0.15) is 11.1 Å². The number of benzene rings is 3. The van der Waals surface area contributed by atoms with Gasteiger partial charge in [0.1, 0.15) is 0 Å². The van der Waals surface area contributed by atoms with Gasteiger partial charge in [-0.25, -0.2) is 0 Å². The molecule has 0 fully saturated rings. The number of aryl methyl sites for hydroxylation is 2. The van der Waals surface area contributed by atoms with Crippen molar-refractivity contribution in [2.75, 3.05) is 0 Å². The Morgan fingerprint density at radius 2 is 1.39 bits per heavy atom. The molecule has 0 unspecified atom stereocenters. The van der Waals surface area contributed by atoms with Crippen molar-refractivity contribution < 1.29 is 0 Å².